The van der Waals surface area contributed by atoms with Crippen molar-refractivity contribution >= 4 is 17.1 Å². The van der Waals surface area contributed by atoms with Crippen molar-refractivity contribution in [1.82, 2.24) is 19.4 Å². The lowest BCUT2D eigenvalue weighted by molar-refractivity contribution is -0.132. The molecule has 7 heteroatoms. The van der Waals surface area contributed by atoms with Crippen molar-refractivity contribution in [2.75, 3.05) is 50.8 Å². The number of hydrogen-bond donors (Lipinski definition) is 0. The highest BCUT2D eigenvalue weighted by Crippen LogP contribution is 2.38. The van der Waals surface area contributed by atoms with Crippen molar-refractivity contribution in [1.29, 1.82) is 0 Å². The Hall–Kier alpha value is -2.90. The monoisotopic (exact) mass is 515 g/mol. The molecular formula is C31H41N5O2. The van der Waals surface area contributed by atoms with E-state index in [1.54, 1.807) is 0 Å². The number of nitrogens with zero attached hydrogens (tertiary/aromatic N) is 5. The first-order valence-corrected chi connectivity index (χ1v) is 14.5. The Morgan fingerprint density at radius 1 is 1.05 bits per heavy atom. The third-order valence-corrected chi connectivity index (χ3v) is 8.72. The van der Waals surface area contributed by atoms with Gasteiger partial charge in [0.15, 0.2) is 0 Å². The first-order chi connectivity index (χ1) is 18.5. The van der Waals surface area contributed by atoms with Crippen LogP contribution < -0.4 is 4.90 Å². The molecule has 38 heavy (non-hydrogen) atoms. The van der Waals surface area contributed by atoms with Crippen LogP contribution in [0, 0.1) is 5.92 Å². The molecule has 2 aliphatic heterocycles. The van der Waals surface area contributed by atoms with Gasteiger partial charge in [0, 0.05) is 69.2 Å². The second kappa shape index (κ2) is 10.3. The predicted octanol–water partition coefficient (Wildman–Crippen LogP) is 4.80. The van der Waals surface area contributed by atoms with Gasteiger partial charge in [0.1, 0.15) is 5.60 Å². The third-order valence-electron chi connectivity index (χ3n) is 8.72. The topological polar surface area (TPSA) is 53.3 Å². The molecule has 6 rings (SSSR count). The maximum Gasteiger partial charge on any atom is 0.225 e. The van der Waals surface area contributed by atoms with Crippen LogP contribution in [0.3, 0.4) is 0 Å². The van der Waals surface area contributed by atoms with Crippen LogP contribution in [-0.2, 0) is 15.1 Å². The summed E-state index contributed by atoms with van der Waals surface area (Å²) in [7, 11) is 0. The molecule has 1 amide bonds. The van der Waals surface area contributed by atoms with E-state index in [2.05, 4.69) is 83.2 Å². The van der Waals surface area contributed by atoms with Crippen LogP contribution in [0.5, 0.6) is 0 Å². The highest BCUT2D eigenvalue weighted by Gasteiger charge is 2.38. The molecule has 3 fully saturated rings. The van der Waals surface area contributed by atoms with Gasteiger partial charge in [-0.2, -0.15) is 5.10 Å². The second-order valence-corrected chi connectivity index (χ2v) is 11.5. The molecule has 2 aromatic heterocycles. The molecule has 1 aromatic carbocycles. The predicted molar refractivity (Wildman–Crippen MR) is 151 cm³/mol. The van der Waals surface area contributed by atoms with Crippen molar-refractivity contribution < 1.29 is 9.53 Å². The Labute approximate surface area is 226 Å². The maximum absolute atomic E-state index is 12.5. The van der Waals surface area contributed by atoms with Gasteiger partial charge in [0.2, 0.25) is 5.91 Å². The molecule has 3 aromatic rings. The molecule has 3 aliphatic rings. The van der Waals surface area contributed by atoms with Crippen molar-refractivity contribution in [3.63, 3.8) is 0 Å². The summed E-state index contributed by atoms with van der Waals surface area (Å²) in [6, 6.07) is 13.9. The number of aromatic nitrogens is 2. The molecule has 0 N–H and O–H groups in total. The fraction of sp³-hybridized carbons (Fsp3) is 0.548. The summed E-state index contributed by atoms with van der Waals surface area (Å²) in [5, 5.41) is 4.61. The lowest BCUT2D eigenvalue weighted by atomic mass is 9.84. The molecule has 0 spiro atoms. The van der Waals surface area contributed by atoms with Crippen LogP contribution in [-0.4, -0.2) is 77.2 Å². The molecule has 0 bridgehead atoms. The van der Waals surface area contributed by atoms with E-state index >= 15 is 0 Å². The zero-order valence-corrected chi connectivity index (χ0v) is 23.1. The number of anilines is 1. The zero-order chi connectivity index (χ0) is 26.3. The maximum atomic E-state index is 12.5. The molecule has 0 unspecified atom stereocenters. The Bertz CT molecular complexity index is 1270. The number of piperazine rings is 1. The molecule has 4 heterocycles. The van der Waals surface area contributed by atoms with Crippen molar-refractivity contribution in [3.8, 4) is 11.1 Å². The van der Waals surface area contributed by atoms with E-state index in [4.69, 9.17) is 4.74 Å². The summed E-state index contributed by atoms with van der Waals surface area (Å²) in [5.41, 5.74) is 5.69. The largest absolute Gasteiger partial charge is 0.369 e. The van der Waals surface area contributed by atoms with Crippen LogP contribution >= 0.6 is 0 Å². The number of piperidine rings is 1. The van der Waals surface area contributed by atoms with E-state index in [9.17, 15) is 4.79 Å². The fourth-order valence-electron chi connectivity index (χ4n) is 6.36. The van der Waals surface area contributed by atoms with Crippen molar-refractivity contribution in [2.24, 2.45) is 5.92 Å². The van der Waals surface area contributed by atoms with Gasteiger partial charge in [-0.15, -0.1) is 0 Å². The lowest BCUT2D eigenvalue weighted by Crippen LogP contribution is -2.50. The van der Waals surface area contributed by atoms with E-state index in [-0.39, 0.29) is 5.60 Å². The fourth-order valence-corrected chi connectivity index (χ4v) is 6.36. The summed E-state index contributed by atoms with van der Waals surface area (Å²) in [4.78, 5) is 19.5. The van der Waals surface area contributed by atoms with Crippen LogP contribution in [0.25, 0.3) is 16.6 Å². The number of fused-ring (bicyclic) bond motifs is 1. The van der Waals surface area contributed by atoms with E-state index < -0.39 is 0 Å². The van der Waals surface area contributed by atoms with E-state index in [1.807, 2.05) is 10.7 Å². The van der Waals surface area contributed by atoms with Gasteiger partial charge in [-0.05, 0) is 76.3 Å². The van der Waals surface area contributed by atoms with Gasteiger partial charge in [-0.3, -0.25) is 9.69 Å². The average Bonchev–Trinajstić information content (AvgIpc) is 3.71. The molecule has 2 saturated heterocycles. The molecule has 202 valence electrons. The van der Waals surface area contributed by atoms with Gasteiger partial charge in [0.25, 0.3) is 0 Å². The summed E-state index contributed by atoms with van der Waals surface area (Å²) in [6.07, 6.45) is 8.36. The summed E-state index contributed by atoms with van der Waals surface area (Å²) in [5.74, 6) is 0.652. The highest BCUT2D eigenvalue weighted by atomic mass is 16.5. The quantitative estimate of drug-likeness (QED) is 0.453. The standard InChI is InChI=1S/C31H41N5O2/c1-4-38-31(13-5-15-35(22-31)23(2)3)27-10-8-24(9-11-27)26-20-29-28(12-14-32-36(29)21-26)33-16-18-34(19-17-33)30(37)25-6-7-25/h8-12,14,20-21,23,25H,4-7,13,15-19,22H2,1-3H3/t31-/m1/s1. The number of rotatable bonds is 7. The summed E-state index contributed by atoms with van der Waals surface area (Å²) < 4.78 is 8.46. The number of likely N-dealkylation sites (tertiary alicyclic amines) is 1. The Morgan fingerprint density at radius 2 is 1.82 bits per heavy atom. The normalized spacial score (nSPS) is 22.9. The first kappa shape index (κ1) is 25.4. The van der Waals surface area contributed by atoms with Crippen molar-refractivity contribution in [2.45, 2.75) is 58.1 Å². The van der Waals surface area contributed by atoms with Crippen LogP contribution in [0.1, 0.15) is 52.0 Å². The highest BCUT2D eigenvalue weighted by molar-refractivity contribution is 5.82. The first-order valence-electron chi connectivity index (χ1n) is 14.5. The van der Waals surface area contributed by atoms with Gasteiger partial charge in [0.05, 0.1) is 11.2 Å². The molecule has 1 saturated carbocycles. The summed E-state index contributed by atoms with van der Waals surface area (Å²) >= 11 is 0. The van der Waals surface area contributed by atoms with Gasteiger partial charge < -0.3 is 14.5 Å². The zero-order valence-electron chi connectivity index (χ0n) is 23.1. The molecular weight excluding hydrogens is 474 g/mol. The van der Waals surface area contributed by atoms with Crippen LogP contribution in [0.2, 0.25) is 0 Å². The lowest BCUT2D eigenvalue weighted by Gasteiger charge is -2.44. The van der Waals surface area contributed by atoms with Crippen LogP contribution in [0.4, 0.5) is 5.69 Å². The third kappa shape index (κ3) is 4.82. The molecule has 1 aliphatic carbocycles. The van der Waals surface area contributed by atoms with Gasteiger partial charge in [-0.1, -0.05) is 24.3 Å². The minimum Gasteiger partial charge on any atom is -0.369 e. The van der Waals surface area contributed by atoms with Crippen LogP contribution in [0.15, 0.2) is 48.8 Å². The number of benzene rings is 1. The number of ether oxygens (including phenoxy) is 1. The Balaban J connectivity index is 1.22. The Kier molecular flexibility index (Phi) is 6.91. The second-order valence-electron chi connectivity index (χ2n) is 11.5. The molecule has 7 nitrogen and oxygen atoms in total. The Morgan fingerprint density at radius 3 is 2.50 bits per heavy atom. The smallest absolute Gasteiger partial charge is 0.225 e. The van der Waals surface area contributed by atoms with Gasteiger partial charge >= 0.3 is 0 Å². The van der Waals surface area contributed by atoms with Gasteiger partial charge in [-0.25, -0.2) is 4.52 Å². The van der Waals surface area contributed by atoms with E-state index in [0.29, 0.717) is 17.9 Å². The number of carbonyl (C=O) groups is 1. The van der Waals surface area contributed by atoms with E-state index in [1.165, 1.54) is 16.8 Å². The SMILES string of the molecule is CCO[C@]1(c2ccc(-c3cc4c(N5CCN(C(=O)C6CC6)CC5)ccnn4c3)cc2)CCCN(C(C)C)C1. The van der Waals surface area contributed by atoms with E-state index in [0.717, 1.165) is 82.6 Å². The summed E-state index contributed by atoms with van der Waals surface area (Å²) in [6.45, 7) is 12.8. The molecule has 0 radical (unpaired) electrons. The average molecular weight is 516 g/mol. The molecule has 1 atom stereocenters. The minimum atomic E-state index is -0.237. The van der Waals surface area contributed by atoms with Crippen molar-refractivity contribution in [3.05, 3.63) is 54.4 Å². The number of carbonyl (C=O) groups excluding carboxylic acids is 1. The number of amides is 1. The minimum absolute atomic E-state index is 0.237. The number of hydrogen-bond acceptors (Lipinski definition) is 5.